The number of nitrogens with zero attached hydrogens (tertiary/aromatic N) is 4. The van der Waals surface area contributed by atoms with Crippen molar-refractivity contribution in [2.24, 2.45) is 0 Å². The second-order valence-electron chi connectivity index (χ2n) is 10.2. The molecule has 3 heterocycles. The number of nitrogens with one attached hydrogen (secondary N) is 1. The summed E-state index contributed by atoms with van der Waals surface area (Å²) in [6, 6.07) is 13.0. The summed E-state index contributed by atoms with van der Waals surface area (Å²) in [4.78, 5) is 16.1. The van der Waals surface area contributed by atoms with Gasteiger partial charge in [0, 0.05) is 55.6 Å². The number of piperidine rings is 1. The van der Waals surface area contributed by atoms with Crippen molar-refractivity contribution in [2.45, 2.75) is 38.7 Å². The van der Waals surface area contributed by atoms with Crippen LogP contribution in [-0.2, 0) is 6.42 Å². The first-order chi connectivity index (χ1) is 21.0. The van der Waals surface area contributed by atoms with Crippen LogP contribution in [-0.4, -0.2) is 73.6 Å². The van der Waals surface area contributed by atoms with Crippen LogP contribution in [0.15, 0.2) is 53.1 Å². The Labute approximate surface area is 251 Å². The van der Waals surface area contributed by atoms with E-state index in [1.165, 1.54) is 0 Å². The zero-order chi connectivity index (χ0) is 30.2. The smallest absolute Gasteiger partial charge is 0.227 e. The number of ether oxygens (including phenoxy) is 4. The Morgan fingerprint density at radius 1 is 0.953 bits per heavy atom. The molecule has 0 saturated carbocycles. The Morgan fingerprint density at radius 2 is 1.72 bits per heavy atom. The molecule has 228 valence electrons. The maximum Gasteiger partial charge on any atom is 0.227 e. The Hall–Kier alpha value is -4.38. The van der Waals surface area contributed by atoms with E-state index in [4.69, 9.17) is 33.3 Å². The zero-order valence-corrected chi connectivity index (χ0v) is 25.1. The van der Waals surface area contributed by atoms with Gasteiger partial charge in [-0.05, 0) is 49.6 Å². The molecule has 0 unspecified atom stereocenters. The number of aryl methyl sites for hydroxylation is 1. The van der Waals surface area contributed by atoms with Crippen molar-refractivity contribution in [1.82, 2.24) is 19.9 Å². The first-order valence-electron chi connectivity index (χ1n) is 14.5. The summed E-state index contributed by atoms with van der Waals surface area (Å²) in [5.41, 5.74) is 2.75. The molecule has 1 aliphatic rings. The number of alkyl halides is 1. The molecule has 0 spiro atoms. The largest absolute Gasteiger partial charge is 0.497 e. The van der Waals surface area contributed by atoms with E-state index >= 15 is 0 Å². The highest BCUT2D eigenvalue weighted by atomic mass is 19.1. The van der Waals surface area contributed by atoms with E-state index in [0.29, 0.717) is 65.0 Å². The minimum absolute atomic E-state index is 0.0573. The van der Waals surface area contributed by atoms with Crippen molar-refractivity contribution in [3.05, 3.63) is 54.6 Å². The highest BCUT2D eigenvalue weighted by Crippen LogP contribution is 2.37. The predicted molar refractivity (Wildman–Crippen MR) is 162 cm³/mol. The standard InChI is InChI=1S/C32H38FN5O5/c1-5-6-29-37-30(21-17-24(39-2)20-25(18-21)40-3)31(43-29)26-9-13-34-32(36-26)35-22-7-8-27(28(19-22)41-4)42-23-10-14-38(15-11-23)16-12-33/h7-9,13,17-20,23H,5-6,10-12,14-16H2,1-4H3,(H,34,35,36). The van der Waals surface area contributed by atoms with Crippen LogP contribution in [0.4, 0.5) is 16.0 Å². The molecule has 2 aromatic heterocycles. The number of hydrogen-bond donors (Lipinski definition) is 1. The summed E-state index contributed by atoms with van der Waals surface area (Å²) in [5.74, 6) is 4.09. The summed E-state index contributed by atoms with van der Waals surface area (Å²) in [5, 5.41) is 3.27. The van der Waals surface area contributed by atoms with Crippen LogP contribution in [0.5, 0.6) is 23.0 Å². The summed E-state index contributed by atoms with van der Waals surface area (Å²) in [7, 11) is 4.83. The maximum atomic E-state index is 12.7. The second-order valence-corrected chi connectivity index (χ2v) is 10.2. The van der Waals surface area contributed by atoms with E-state index in [2.05, 4.69) is 22.1 Å². The van der Waals surface area contributed by atoms with E-state index in [0.717, 1.165) is 43.6 Å². The third-order valence-electron chi connectivity index (χ3n) is 7.30. The summed E-state index contributed by atoms with van der Waals surface area (Å²) >= 11 is 0. The van der Waals surface area contributed by atoms with Crippen molar-refractivity contribution < 1.29 is 27.8 Å². The van der Waals surface area contributed by atoms with Gasteiger partial charge in [0.1, 0.15) is 35.7 Å². The molecule has 0 atom stereocenters. The molecule has 4 aromatic rings. The number of oxazole rings is 1. The monoisotopic (exact) mass is 591 g/mol. The van der Waals surface area contributed by atoms with E-state index < -0.39 is 0 Å². The molecule has 0 aliphatic carbocycles. The van der Waals surface area contributed by atoms with Gasteiger partial charge in [-0.3, -0.25) is 0 Å². The average molecular weight is 592 g/mol. The molecule has 5 rings (SSSR count). The van der Waals surface area contributed by atoms with Gasteiger partial charge in [-0.2, -0.15) is 0 Å². The van der Waals surface area contributed by atoms with E-state index in [1.54, 1.807) is 33.6 Å². The van der Waals surface area contributed by atoms with Gasteiger partial charge in [0.25, 0.3) is 0 Å². The topological polar surface area (TPSA) is 104 Å². The first-order valence-corrected chi connectivity index (χ1v) is 14.5. The van der Waals surface area contributed by atoms with Gasteiger partial charge in [-0.25, -0.2) is 19.3 Å². The molecule has 1 aliphatic heterocycles. The minimum atomic E-state index is -0.322. The van der Waals surface area contributed by atoms with Gasteiger partial charge >= 0.3 is 0 Å². The van der Waals surface area contributed by atoms with Gasteiger partial charge in [0.15, 0.2) is 23.1 Å². The lowest BCUT2D eigenvalue weighted by molar-refractivity contribution is 0.0945. The molecule has 10 nitrogen and oxygen atoms in total. The molecular weight excluding hydrogens is 553 g/mol. The average Bonchev–Trinajstić information content (AvgIpc) is 3.47. The van der Waals surface area contributed by atoms with E-state index in [-0.39, 0.29) is 12.8 Å². The molecule has 11 heteroatoms. The number of likely N-dealkylation sites (tertiary alicyclic amines) is 1. The fourth-order valence-corrected chi connectivity index (χ4v) is 5.07. The van der Waals surface area contributed by atoms with E-state index in [1.807, 2.05) is 36.4 Å². The second kappa shape index (κ2) is 14.2. The number of anilines is 2. The van der Waals surface area contributed by atoms with Gasteiger partial charge < -0.3 is 33.6 Å². The van der Waals surface area contributed by atoms with Gasteiger partial charge in [-0.1, -0.05) is 6.92 Å². The molecule has 43 heavy (non-hydrogen) atoms. The van der Waals surface area contributed by atoms with Gasteiger partial charge in [0.2, 0.25) is 5.95 Å². The maximum absolute atomic E-state index is 12.7. The normalized spacial score (nSPS) is 14.0. The Kier molecular flexibility index (Phi) is 9.93. The van der Waals surface area contributed by atoms with Gasteiger partial charge in [0.05, 0.1) is 21.3 Å². The lowest BCUT2D eigenvalue weighted by Crippen LogP contribution is -2.39. The van der Waals surface area contributed by atoms with Crippen LogP contribution < -0.4 is 24.3 Å². The third kappa shape index (κ3) is 7.34. The van der Waals surface area contributed by atoms with Crippen molar-refractivity contribution in [2.75, 3.05) is 53.0 Å². The molecule has 2 aromatic carbocycles. The fourth-order valence-electron chi connectivity index (χ4n) is 5.07. The fraction of sp³-hybridized carbons (Fsp3) is 0.406. The summed E-state index contributed by atoms with van der Waals surface area (Å²) in [6.45, 7) is 3.88. The number of benzene rings is 2. The lowest BCUT2D eigenvalue weighted by Gasteiger charge is -2.31. The third-order valence-corrected chi connectivity index (χ3v) is 7.30. The van der Waals surface area contributed by atoms with Crippen molar-refractivity contribution >= 4 is 11.6 Å². The number of hydrogen-bond acceptors (Lipinski definition) is 10. The first kappa shape index (κ1) is 30.1. The van der Waals surface area contributed by atoms with Crippen LogP contribution in [0.1, 0.15) is 32.1 Å². The molecule has 1 saturated heterocycles. The Bertz CT molecular complexity index is 1480. The highest BCUT2D eigenvalue weighted by molar-refractivity contribution is 5.77. The van der Waals surface area contributed by atoms with E-state index in [9.17, 15) is 4.39 Å². The highest BCUT2D eigenvalue weighted by Gasteiger charge is 2.22. The van der Waals surface area contributed by atoms with Crippen LogP contribution >= 0.6 is 0 Å². The van der Waals surface area contributed by atoms with Crippen LogP contribution in [0, 0.1) is 0 Å². The summed E-state index contributed by atoms with van der Waals surface area (Å²) < 4.78 is 41.7. The molecule has 0 amide bonds. The zero-order valence-electron chi connectivity index (χ0n) is 25.1. The SMILES string of the molecule is CCCc1nc(-c2cc(OC)cc(OC)c2)c(-c2ccnc(Nc3ccc(OC4CCN(CCF)CC4)c(OC)c3)n2)o1. The van der Waals surface area contributed by atoms with Crippen LogP contribution in [0.3, 0.4) is 0 Å². The van der Waals surface area contributed by atoms with Crippen molar-refractivity contribution in [3.8, 4) is 45.7 Å². The molecule has 1 fully saturated rings. The Morgan fingerprint density at radius 3 is 2.40 bits per heavy atom. The van der Waals surface area contributed by atoms with Crippen LogP contribution in [0.25, 0.3) is 22.7 Å². The van der Waals surface area contributed by atoms with Gasteiger partial charge in [-0.15, -0.1) is 0 Å². The van der Waals surface area contributed by atoms with Crippen molar-refractivity contribution in [3.63, 3.8) is 0 Å². The number of halogens is 1. The molecular formula is C32H38FN5O5. The molecule has 0 bridgehead atoms. The quantitative estimate of drug-likeness (QED) is 0.190. The lowest BCUT2D eigenvalue weighted by atomic mass is 10.1. The number of aromatic nitrogens is 3. The summed E-state index contributed by atoms with van der Waals surface area (Å²) in [6.07, 6.45) is 4.99. The minimum Gasteiger partial charge on any atom is -0.497 e. The van der Waals surface area contributed by atoms with Crippen molar-refractivity contribution in [1.29, 1.82) is 0 Å². The molecule has 1 N–H and O–H groups in total. The van der Waals surface area contributed by atoms with Crippen LogP contribution in [0.2, 0.25) is 0 Å². The number of methoxy groups -OCH3 is 3. The Balaban J connectivity index is 1.37. The molecule has 0 radical (unpaired) electrons. The predicted octanol–water partition coefficient (Wildman–Crippen LogP) is 6.33. The number of rotatable bonds is 13.